The maximum Gasteiger partial charge on any atom is 0.257 e. The molecule has 8 heteroatoms. The summed E-state index contributed by atoms with van der Waals surface area (Å²) in [5.41, 5.74) is 8.01. The van der Waals surface area contributed by atoms with Gasteiger partial charge in [-0.15, -0.1) is 0 Å². The van der Waals surface area contributed by atoms with Crippen LogP contribution in [0.5, 0.6) is 0 Å². The van der Waals surface area contributed by atoms with Gasteiger partial charge in [-0.25, -0.2) is 0 Å². The van der Waals surface area contributed by atoms with Crippen molar-refractivity contribution in [2.45, 2.75) is 6.92 Å². The minimum Gasteiger partial charge on any atom is -0.397 e. The molecule has 3 aromatic rings. The van der Waals surface area contributed by atoms with Gasteiger partial charge in [0.05, 0.1) is 22.4 Å². The Kier molecular flexibility index (Phi) is 5.16. The molecule has 7 nitrogen and oxygen atoms in total. The quantitative estimate of drug-likeness (QED) is 0.385. The fourth-order valence-corrected chi connectivity index (χ4v) is 4.11. The lowest BCUT2D eigenvalue weighted by molar-refractivity contribution is -0.114. The van der Waals surface area contributed by atoms with Crippen LogP contribution in [-0.4, -0.2) is 23.4 Å². The summed E-state index contributed by atoms with van der Waals surface area (Å²) in [7, 11) is 0. The molecule has 0 atom stereocenters. The molecule has 1 aliphatic rings. The Morgan fingerprint density at radius 3 is 1.90 bits per heavy atom. The molecule has 0 aliphatic heterocycles. The topological polar surface area (TPSA) is 118 Å². The summed E-state index contributed by atoms with van der Waals surface area (Å²) in [6, 6.07) is 14.5. The Bertz CT molecular complexity index is 1280. The fraction of sp³-hybridized carbons (Fsp3) is 0.0435. The van der Waals surface area contributed by atoms with Crippen molar-refractivity contribution >= 4 is 56.4 Å². The van der Waals surface area contributed by atoms with Crippen LogP contribution in [0.25, 0.3) is 0 Å². The van der Waals surface area contributed by atoms with E-state index >= 15 is 0 Å². The number of halogens is 1. The number of anilines is 3. The van der Waals surface area contributed by atoms with Gasteiger partial charge < -0.3 is 16.4 Å². The van der Waals surface area contributed by atoms with E-state index in [0.717, 1.165) is 0 Å². The monoisotopic (exact) mass is 477 g/mol. The van der Waals surface area contributed by atoms with Gasteiger partial charge in [-0.1, -0.05) is 24.3 Å². The second-order valence-corrected chi connectivity index (χ2v) is 7.84. The van der Waals surface area contributed by atoms with Crippen LogP contribution < -0.4 is 16.4 Å². The number of rotatable bonds is 3. The first kappa shape index (κ1) is 20.5. The standard InChI is InChI=1S/C23H16BrN3O4/c1-11(28)26-12-6-8-13(9-7-12)27-23(31)16-10-17(24)18-19(20(16)25)22(30)15-5-3-2-4-14(15)21(18)29/h2-10H,25H2,1H3,(H,26,28)(H,27,31). The van der Waals surface area contributed by atoms with Crippen LogP contribution in [0.15, 0.2) is 59.1 Å². The van der Waals surface area contributed by atoms with Crippen LogP contribution in [0, 0.1) is 0 Å². The van der Waals surface area contributed by atoms with Gasteiger partial charge in [-0.05, 0) is 46.3 Å². The molecule has 0 fully saturated rings. The van der Waals surface area contributed by atoms with E-state index in [4.69, 9.17) is 5.73 Å². The van der Waals surface area contributed by atoms with E-state index in [9.17, 15) is 19.2 Å². The average molecular weight is 478 g/mol. The van der Waals surface area contributed by atoms with Crippen LogP contribution in [0.3, 0.4) is 0 Å². The molecule has 0 heterocycles. The molecule has 1 aliphatic carbocycles. The number of hydrogen-bond acceptors (Lipinski definition) is 5. The van der Waals surface area contributed by atoms with Crippen LogP contribution in [0.4, 0.5) is 17.1 Å². The Hall–Kier alpha value is -3.78. The van der Waals surface area contributed by atoms with E-state index in [2.05, 4.69) is 26.6 Å². The van der Waals surface area contributed by atoms with Crippen molar-refractivity contribution in [1.82, 2.24) is 0 Å². The van der Waals surface area contributed by atoms with Gasteiger partial charge in [0.2, 0.25) is 5.91 Å². The highest BCUT2D eigenvalue weighted by Gasteiger charge is 2.34. The van der Waals surface area contributed by atoms with Gasteiger partial charge in [0.15, 0.2) is 11.6 Å². The molecule has 0 spiro atoms. The summed E-state index contributed by atoms with van der Waals surface area (Å²) in [4.78, 5) is 50.0. The number of hydrogen-bond donors (Lipinski definition) is 3. The van der Waals surface area contributed by atoms with Crippen molar-refractivity contribution in [1.29, 1.82) is 0 Å². The smallest absolute Gasteiger partial charge is 0.257 e. The van der Waals surface area contributed by atoms with E-state index in [1.807, 2.05) is 0 Å². The van der Waals surface area contributed by atoms with Crippen molar-refractivity contribution in [2.75, 3.05) is 16.4 Å². The molecular formula is C23H16BrN3O4. The summed E-state index contributed by atoms with van der Waals surface area (Å²) in [5.74, 6) is -1.47. The van der Waals surface area contributed by atoms with E-state index in [1.165, 1.54) is 13.0 Å². The third-order valence-corrected chi connectivity index (χ3v) is 5.52. The number of fused-ring (bicyclic) bond motifs is 2. The summed E-state index contributed by atoms with van der Waals surface area (Å²) < 4.78 is 0.315. The lowest BCUT2D eigenvalue weighted by Crippen LogP contribution is -2.25. The molecule has 0 saturated carbocycles. The molecule has 3 aromatic carbocycles. The minimum atomic E-state index is -0.535. The summed E-state index contributed by atoms with van der Waals surface area (Å²) in [6.45, 7) is 1.40. The van der Waals surface area contributed by atoms with Gasteiger partial charge >= 0.3 is 0 Å². The van der Waals surface area contributed by atoms with E-state index in [1.54, 1.807) is 48.5 Å². The molecule has 0 aromatic heterocycles. The predicted octanol–water partition coefficient (Wildman–Crippen LogP) is 4.02. The van der Waals surface area contributed by atoms with Crippen molar-refractivity contribution < 1.29 is 19.2 Å². The molecular weight excluding hydrogens is 462 g/mol. The second-order valence-electron chi connectivity index (χ2n) is 6.99. The zero-order chi connectivity index (χ0) is 22.3. The first-order valence-corrected chi connectivity index (χ1v) is 10.1. The zero-order valence-electron chi connectivity index (χ0n) is 16.3. The van der Waals surface area contributed by atoms with Gasteiger partial charge in [-0.2, -0.15) is 0 Å². The van der Waals surface area contributed by atoms with Crippen molar-refractivity contribution in [3.8, 4) is 0 Å². The number of nitrogens with two attached hydrogens (primary N) is 1. The lowest BCUT2D eigenvalue weighted by atomic mass is 9.82. The molecule has 0 unspecified atom stereocenters. The Balaban J connectivity index is 1.70. The maximum atomic E-state index is 13.1. The van der Waals surface area contributed by atoms with Crippen molar-refractivity contribution in [2.24, 2.45) is 0 Å². The SMILES string of the molecule is CC(=O)Nc1ccc(NC(=O)c2cc(Br)c3c(c2N)C(=O)c2ccccc2C3=O)cc1. The normalized spacial score (nSPS) is 12.1. The van der Waals surface area contributed by atoms with E-state index in [-0.39, 0.29) is 39.6 Å². The van der Waals surface area contributed by atoms with Crippen LogP contribution in [0.2, 0.25) is 0 Å². The highest BCUT2D eigenvalue weighted by atomic mass is 79.9. The van der Waals surface area contributed by atoms with E-state index in [0.29, 0.717) is 21.4 Å². The van der Waals surface area contributed by atoms with Crippen LogP contribution in [0.1, 0.15) is 49.1 Å². The molecule has 31 heavy (non-hydrogen) atoms. The minimum absolute atomic E-state index is 0.0178. The average Bonchev–Trinajstić information content (AvgIpc) is 2.74. The van der Waals surface area contributed by atoms with Gasteiger partial charge in [-0.3, -0.25) is 19.2 Å². The number of amides is 2. The summed E-state index contributed by atoms with van der Waals surface area (Å²) >= 11 is 3.32. The summed E-state index contributed by atoms with van der Waals surface area (Å²) in [5, 5.41) is 5.35. The van der Waals surface area contributed by atoms with Gasteiger partial charge in [0.25, 0.3) is 5.91 Å². The third-order valence-electron chi connectivity index (χ3n) is 4.90. The lowest BCUT2D eigenvalue weighted by Gasteiger charge is -2.21. The fourth-order valence-electron chi connectivity index (χ4n) is 3.50. The van der Waals surface area contributed by atoms with Gasteiger partial charge in [0.1, 0.15) is 0 Å². The van der Waals surface area contributed by atoms with E-state index < -0.39 is 11.7 Å². The number of ketones is 2. The molecule has 4 rings (SSSR count). The van der Waals surface area contributed by atoms with Crippen molar-refractivity contribution in [3.63, 3.8) is 0 Å². The third kappa shape index (κ3) is 3.62. The first-order chi connectivity index (χ1) is 14.8. The molecule has 0 saturated heterocycles. The predicted molar refractivity (Wildman–Crippen MR) is 121 cm³/mol. The molecule has 0 radical (unpaired) electrons. The van der Waals surface area contributed by atoms with Crippen molar-refractivity contribution in [3.05, 3.63) is 86.9 Å². The second kappa shape index (κ2) is 7.81. The Morgan fingerprint density at radius 2 is 1.35 bits per heavy atom. The number of carbonyl (C=O) groups is 4. The summed E-state index contributed by atoms with van der Waals surface area (Å²) in [6.07, 6.45) is 0. The van der Waals surface area contributed by atoms with Gasteiger partial charge in [0, 0.05) is 33.9 Å². The molecule has 154 valence electrons. The molecule has 0 bridgehead atoms. The van der Waals surface area contributed by atoms with Crippen LogP contribution >= 0.6 is 15.9 Å². The Labute approximate surface area is 185 Å². The Morgan fingerprint density at radius 1 is 0.839 bits per heavy atom. The van der Waals surface area contributed by atoms with Crippen LogP contribution in [-0.2, 0) is 4.79 Å². The number of nitrogens with one attached hydrogen (secondary N) is 2. The highest BCUT2D eigenvalue weighted by molar-refractivity contribution is 9.10. The number of carbonyl (C=O) groups excluding carboxylic acids is 4. The highest BCUT2D eigenvalue weighted by Crippen LogP contribution is 2.37. The largest absolute Gasteiger partial charge is 0.397 e. The molecule has 2 amide bonds. The maximum absolute atomic E-state index is 13.1. The number of benzene rings is 3. The first-order valence-electron chi connectivity index (χ1n) is 9.27. The zero-order valence-corrected chi connectivity index (χ0v) is 17.9. The molecule has 4 N–H and O–H groups in total. The number of nitrogen functional groups attached to an aromatic ring is 1.